The van der Waals surface area contributed by atoms with Gasteiger partial charge in [0.05, 0.1) is 11.4 Å². The molecule has 0 aliphatic carbocycles. The summed E-state index contributed by atoms with van der Waals surface area (Å²) in [4.78, 5) is 28.9. The van der Waals surface area contributed by atoms with Gasteiger partial charge in [0.15, 0.2) is 0 Å². The molecule has 3 aromatic rings. The van der Waals surface area contributed by atoms with Crippen LogP contribution in [0.2, 0.25) is 0 Å². The van der Waals surface area contributed by atoms with Gasteiger partial charge in [-0.25, -0.2) is 0 Å². The van der Waals surface area contributed by atoms with E-state index in [-0.39, 0.29) is 24.9 Å². The lowest BCUT2D eigenvalue weighted by Crippen LogP contribution is -2.28. The molecule has 8 heteroatoms. The number of ether oxygens (including phenoxy) is 1. The lowest BCUT2D eigenvalue weighted by molar-refractivity contribution is -0.144. The van der Waals surface area contributed by atoms with Crippen molar-refractivity contribution >= 4 is 23.2 Å². The molecule has 158 valence electrons. The number of amides is 1. The van der Waals surface area contributed by atoms with Crippen molar-refractivity contribution in [1.82, 2.24) is 15.5 Å². The fraction of sp³-hybridized carbons (Fsp3) is 0.364. The summed E-state index contributed by atoms with van der Waals surface area (Å²) in [5.74, 6) is 0.721. The van der Waals surface area contributed by atoms with Crippen LogP contribution in [0.25, 0.3) is 10.7 Å². The predicted octanol–water partition coefficient (Wildman–Crippen LogP) is 3.72. The van der Waals surface area contributed by atoms with Gasteiger partial charge in [-0.3, -0.25) is 9.59 Å². The largest absolute Gasteiger partial charge is 0.464 e. The molecule has 2 aromatic heterocycles. The first-order chi connectivity index (χ1) is 14.6. The first-order valence-corrected chi connectivity index (χ1v) is 10.8. The third-order valence-electron chi connectivity index (χ3n) is 4.43. The van der Waals surface area contributed by atoms with Gasteiger partial charge in [-0.1, -0.05) is 41.1 Å². The van der Waals surface area contributed by atoms with Crippen LogP contribution >= 0.6 is 11.3 Å². The monoisotopic (exact) mass is 427 g/mol. The molecule has 3 rings (SSSR count). The number of aromatic nitrogens is 2. The molecule has 0 saturated heterocycles. The minimum absolute atomic E-state index is 0.0513. The Hall–Kier alpha value is -3.00. The Labute approximate surface area is 179 Å². The molecule has 0 spiro atoms. The van der Waals surface area contributed by atoms with Crippen molar-refractivity contribution in [2.24, 2.45) is 0 Å². The number of carbonyl (C=O) groups is 2. The maximum Gasteiger partial charge on any atom is 0.305 e. The van der Waals surface area contributed by atoms with Crippen molar-refractivity contribution in [2.45, 2.75) is 39.0 Å². The van der Waals surface area contributed by atoms with Crippen molar-refractivity contribution in [3.05, 3.63) is 58.8 Å². The van der Waals surface area contributed by atoms with Gasteiger partial charge < -0.3 is 14.6 Å². The lowest BCUT2D eigenvalue weighted by Gasteiger charge is -2.07. The lowest BCUT2D eigenvalue weighted by atomic mass is 10.1. The molecule has 0 aliphatic heterocycles. The molecule has 0 fully saturated rings. The van der Waals surface area contributed by atoms with E-state index in [1.807, 2.05) is 48.7 Å². The second-order valence-corrected chi connectivity index (χ2v) is 7.85. The van der Waals surface area contributed by atoms with Gasteiger partial charge in [-0.15, -0.1) is 11.3 Å². The maximum atomic E-state index is 11.9. The summed E-state index contributed by atoms with van der Waals surface area (Å²) >= 11 is 1.54. The summed E-state index contributed by atoms with van der Waals surface area (Å²) in [6.45, 7) is 2.51. The molecule has 0 radical (unpaired) electrons. The maximum absolute atomic E-state index is 11.9. The predicted molar refractivity (Wildman–Crippen MR) is 114 cm³/mol. The Morgan fingerprint density at radius 1 is 1.13 bits per heavy atom. The highest BCUT2D eigenvalue weighted by molar-refractivity contribution is 7.13. The van der Waals surface area contributed by atoms with E-state index in [0.29, 0.717) is 43.9 Å². The number of hydrogen-bond acceptors (Lipinski definition) is 7. The van der Waals surface area contributed by atoms with Crippen LogP contribution in [0.3, 0.4) is 0 Å². The average molecular weight is 428 g/mol. The summed E-state index contributed by atoms with van der Waals surface area (Å²) in [5.41, 5.74) is 2.33. The zero-order valence-electron chi connectivity index (χ0n) is 16.9. The van der Waals surface area contributed by atoms with Crippen LogP contribution in [0.5, 0.6) is 0 Å². The van der Waals surface area contributed by atoms with Crippen molar-refractivity contribution in [3.63, 3.8) is 0 Å². The number of carbonyl (C=O) groups excluding carboxylic acids is 2. The summed E-state index contributed by atoms with van der Waals surface area (Å²) in [5, 5.41) is 8.66. The molecule has 2 heterocycles. The van der Waals surface area contributed by atoms with Gasteiger partial charge in [-0.2, -0.15) is 4.98 Å². The summed E-state index contributed by atoms with van der Waals surface area (Å²) in [6, 6.07) is 12.0. The minimum Gasteiger partial charge on any atom is -0.464 e. The normalized spacial score (nSPS) is 10.7. The third kappa shape index (κ3) is 7.11. The van der Waals surface area contributed by atoms with Crippen LogP contribution < -0.4 is 5.32 Å². The highest BCUT2D eigenvalue weighted by Gasteiger charge is 2.11. The number of thiophene rings is 1. The molecule has 30 heavy (non-hydrogen) atoms. The molecule has 1 amide bonds. The number of hydrogen-bond donors (Lipinski definition) is 1. The van der Waals surface area contributed by atoms with Gasteiger partial charge in [-0.05, 0) is 36.8 Å². The van der Waals surface area contributed by atoms with E-state index < -0.39 is 0 Å². The van der Waals surface area contributed by atoms with E-state index >= 15 is 0 Å². The van der Waals surface area contributed by atoms with Crippen LogP contribution in [0, 0.1) is 6.92 Å². The number of esters is 1. The van der Waals surface area contributed by atoms with Crippen LogP contribution in [-0.4, -0.2) is 35.2 Å². The van der Waals surface area contributed by atoms with Crippen LogP contribution in [0.4, 0.5) is 0 Å². The highest BCUT2D eigenvalue weighted by Crippen LogP contribution is 2.21. The van der Waals surface area contributed by atoms with Gasteiger partial charge in [0.1, 0.15) is 6.61 Å². The second-order valence-electron chi connectivity index (χ2n) is 6.90. The molecular weight excluding hydrogens is 402 g/mol. The Bertz CT molecular complexity index is 936. The molecule has 1 N–H and O–H groups in total. The first-order valence-electron chi connectivity index (χ1n) is 9.94. The number of aryl methyl sites for hydroxylation is 3. The standard InChI is InChI=1S/C22H25N3O4S/c1-16-7-9-17(10-8-16)11-12-19(26)23-13-14-28-21(27)6-2-5-20-24-22(25-29-20)18-4-3-15-30-18/h3-4,7-10,15H,2,5-6,11-14H2,1H3,(H,23,26). The number of rotatable bonds is 11. The Kier molecular flexibility index (Phi) is 8.14. The number of benzene rings is 1. The summed E-state index contributed by atoms with van der Waals surface area (Å²) in [6.07, 6.45) is 2.44. The van der Waals surface area contributed by atoms with E-state index in [1.54, 1.807) is 11.3 Å². The van der Waals surface area contributed by atoms with Crippen LogP contribution in [0.1, 0.15) is 36.3 Å². The molecule has 7 nitrogen and oxygen atoms in total. The fourth-order valence-electron chi connectivity index (χ4n) is 2.77. The molecule has 1 aromatic carbocycles. The van der Waals surface area contributed by atoms with Gasteiger partial charge in [0, 0.05) is 19.3 Å². The molecule has 0 unspecified atom stereocenters. The highest BCUT2D eigenvalue weighted by atomic mass is 32.1. The van der Waals surface area contributed by atoms with E-state index in [9.17, 15) is 9.59 Å². The summed E-state index contributed by atoms with van der Waals surface area (Å²) < 4.78 is 10.4. The molecular formula is C22H25N3O4S. The molecule has 0 saturated carbocycles. The topological polar surface area (TPSA) is 94.3 Å². The minimum atomic E-state index is -0.304. The SMILES string of the molecule is Cc1ccc(CCC(=O)NCCOC(=O)CCCc2nc(-c3cccs3)no2)cc1. The third-order valence-corrected chi connectivity index (χ3v) is 5.30. The van der Waals surface area contributed by atoms with E-state index in [0.717, 1.165) is 10.4 Å². The van der Waals surface area contributed by atoms with E-state index in [4.69, 9.17) is 9.26 Å². The zero-order chi connectivity index (χ0) is 21.2. The quantitative estimate of drug-likeness (QED) is 0.370. The molecule has 0 bridgehead atoms. The molecule has 0 aliphatic rings. The van der Waals surface area contributed by atoms with E-state index in [2.05, 4.69) is 15.5 Å². The van der Waals surface area contributed by atoms with Crippen molar-refractivity contribution < 1.29 is 18.8 Å². The Morgan fingerprint density at radius 2 is 1.97 bits per heavy atom. The van der Waals surface area contributed by atoms with Crippen LogP contribution in [-0.2, 0) is 27.2 Å². The van der Waals surface area contributed by atoms with Crippen molar-refractivity contribution in [2.75, 3.05) is 13.2 Å². The summed E-state index contributed by atoms with van der Waals surface area (Å²) in [7, 11) is 0. The van der Waals surface area contributed by atoms with Crippen LogP contribution in [0.15, 0.2) is 46.3 Å². The van der Waals surface area contributed by atoms with Crippen molar-refractivity contribution in [1.29, 1.82) is 0 Å². The number of nitrogens with zero attached hydrogens (tertiary/aromatic N) is 2. The van der Waals surface area contributed by atoms with Gasteiger partial charge in [0.2, 0.25) is 17.6 Å². The second kappa shape index (κ2) is 11.3. The van der Waals surface area contributed by atoms with E-state index in [1.165, 1.54) is 5.56 Å². The smallest absolute Gasteiger partial charge is 0.305 e. The van der Waals surface area contributed by atoms with Gasteiger partial charge >= 0.3 is 5.97 Å². The number of nitrogens with one attached hydrogen (secondary N) is 1. The average Bonchev–Trinajstić information content (AvgIpc) is 3.43. The Balaban J connectivity index is 1.23. The first kappa shape index (κ1) is 21.7. The zero-order valence-corrected chi connectivity index (χ0v) is 17.7. The fourth-order valence-corrected chi connectivity index (χ4v) is 3.42. The molecule has 0 atom stereocenters. The van der Waals surface area contributed by atoms with Crippen molar-refractivity contribution in [3.8, 4) is 10.7 Å². The van der Waals surface area contributed by atoms with Gasteiger partial charge in [0.25, 0.3) is 0 Å². The Morgan fingerprint density at radius 3 is 2.73 bits per heavy atom.